The number of hydrogen-bond acceptors (Lipinski definition) is 4. The SMILES string of the molecule is Cc1cc2c3c(c1)N(c1ccc(C(C)(C)C)cc1-c1cc(C(C)(C)C)cc(C(C)(C)C)c1)c1cc(N(c4ccccc4)c4ccccc4)ccc1B3c1ccc(N(c3ccccc3)c3ccccc3)cc1O2. The number of benzene rings is 9. The third-order valence-corrected chi connectivity index (χ3v) is 14.5. The van der Waals surface area contributed by atoms with Crippen molar-refractivity contribution in [1.29, 1.82) is 0 Å². The van der Waals surface area contributed by atoms with Crippen LogP contribution in [0.15, 0.2) is 206 Å². The lowest BCUT2D eigenvalue weighted by molar-refractivity contribution is 0.487. The molecule has 0 bridgehead atoms. The van der Waals surface area contributed by atoms with Crippen molar-refractivity contribution < 1.29 is 4.74 Å². The summed E-state index contributed by atoms with van der Waals surface area (Å²) in [5.74, 6) is 1.75. The Labute approximate surface area is 428 Å². The molecule has 0 saturated carbocycles. The molecular weight excluding hydrogens is 874 g/mol. The van der Waals surface area contributed by atoms with Crippen LogP contribution in [0.2, 0.25) is 0 Å². The van der Waals surface area contributed by atoms with Crippen LogP contribution in [-0.4, -0.2) is 6.71 Å². The van der Waals surface area contributed by atoms with Crippen LogP contribution in [0.4, 0.5) is 51.2 Å². The van der Waals surface area contributed by atoms with Gasteiger partial charge in [0.2, 0.25) is 0 Å². The number of para-hydroxylation sites is 4. The van der Waals surface area contributed by atoms with Crippen LogP contribution < -0.4 is 35.8 Å². The fourth-order valence-electron chi connectivity index (χ4n) is 10.7. The molecule has 0 aromatic heterocycles. The van der Waals surface area contributed by atoms with E-state index in [0.29, 0.717) is 0 Å². The first-order valence-electron chi connectivity index (χ1n) is 25.5. The quantitative estimate of drug-likeness (QED) is 0.141. The second kappa shape index (κ2) is 17.8. The molecule has 0 amide bonds. The summed E-state index contributed by atoms with van der Waals surface area (Å²) in [6.07, 6.45) is 0. The van der Waals surface area contributed by atoms with Crippen molar-refractivity contribution in [1.82, 2.24) is 0 Å². The summed E-state index contributed by atoms with van der Waals surface area (Å²) in [7, 11) is 0. The van der Waals surface area contributed by atoms with Gasteiger partial charge in [-0.05, 0) is 158 Å². The van der Waals surface area contributed by atoms with Gasteiger partial charge in [0.05, 0.1) is 5.69 Å². The normalized spacial score (nSPS) is 12.9. The van der Waals surface area contributed by atoms with Gasteiger partial charge < -0.3 is 19.4 Å². The van der Waals surface area contributed by atoms with Gasteiger partial charge in [0.25, 0.3) is 6.71 Å². The number of hydrogen-bond donors (Lipinski definition) is 0. The molecule has 9 aromatic rings. The molecule has 2 aliphatic heterocycles. The molecule has 0 spiro atoms. The minimum absolute atomic E-state index is 0.0601. The molecule has 0 unspecified atom stereocenters. The van der Waals surface area contributed by atoms with E-state index in [4.69, 9.17) is 4.74 Å². The summed E-state index contributed by atoms with van der Waals surface area (Å²) in [4.78, 5) is 7.26. The van der Waals surface area contributed by atoms with E-state index in [0.717, 1.165) is 73.7 Å². The highest BCUT2D eigenvalue weighted by atomic mass is 16.5. The summed E-state index contributed by atoms with van der Waals surface area (Å²) in [6.45, 7) is 23.1. The molecular formula is C67H64BN3O. The fraction of sp³-hybridized carbons (Fsp3) is 0.194. The predicted molar refractivity (Wildman–Crippen MR) is 308 cm³/mol. The van der Waals surface area contributed by atoms with Crippen molar-refractivity contribution in [2.75, 3.05) is 14.7 Å². The van der Waals surface area contributed by atoms with E-state index in [1.165, 1.54) is 38.7 Å². The smallest absolute Gasteiger partial charge is 0.256 e. The monoisotopic (exact) mass is 938 g/mol. The van der Waals surface area contributed by atoms with E-state index in [9.17, 15) is 0 Å². The molecule has 0 atom stereocenters. The lowest BCUT2D eigenvalue weighted by Crippen LogP contribution is -2.59. The highest BCUT2D eigenvalue weighted by Crippen LogP contribution is 2.49. The Morgan fingerprint density at radius 1 is 0.375 bits per heavy atom. The van der Waals surface area contributed by atoms with Gasteiger partial charge in [-0.2, -0.15) is 0 Å². The standard InChI is InChI=1S/C67H64BN3O/c1-45-37-61-64-63(38-45)72-62-44-55(70(52-27-19-13-20-28-52)53-29-21-14-22-30-53)33-35-58(62)68(64)57-34-32-54(69(50-23-15-11-16-24-50)51-25-17-12-18-26-51)43-60(57)71(61)59-36-31-47(65(2,3)4)42-56(59)46-39-48(66(5,6)7)41-49(40-46)67(8,9)10/h11-44H,1-10H3. The molecule has 0 radical (unpaired) electrons. The third kappa shape index (κ3) is 8.55. The van der Waals surface area contributed by atoms with Crippen molar-refractivity contribution in [2.45, 2.75) is 85.5 Å². The molecule has 0 aliphatic carbocycles. The van der Waals surface area contributed by atoms with Crippen molar-refractivity contribution in [2.24, 2.45) is 0 Å². The maximum atomic E-state index is 7.27. The van der Waals surface area contributed by atoms with Crippen LogP contribution in [0.5, 0.6) is 11.5 Å². The zero-order valence-electron chi connectivity index (χ0n) is 43.5. The molecule has 11 rings (SSSR count). The molecule has 0 saturated heterocycles. The van der Waals surface area contributed by atoms with Gasteiger partial charge >= 0.3 is 0 Å². The van der Waals surface area contributed by atoms with E-state index in [1.807, 2.05) is 0 Å². The number of fused-ring (bicyclic) bond motifs is 4. The Morgan fingerprint density at radius 3 is 1.33 bits per heavy atom. The van der Waals surface area contributed by atoms with Crippen molar-refractivity contribution in [3.63, 3.8) is 0 Å². The number of ether oxygens (including phenoxy) is 1. The molecule has 0 fully saturated rings. The summed E-state index contributed by atoms with van der Waals surface area (Å²) in [5, 5.41) is 0. The highest BCUT2D eigenvalue weighted by Gasteiger charge is 2.43. The van der Waals surface area contributed by atoms with Gasteiger partial charge in [-0.25, -0.2) is 0 Å². The van der Waals surface area contributed by atoms with E-state index < -0.39 is 0 Å². The summed E-state index contributed by atoms with van der Waals surface area (Å²) in [6, 6.07) is 75.9. The van der Waals surface area contributed by atoms with Gasteiger partial charge in [0.1, 0.15) is 11.5 Å². The van der Waals surface area contributed by atoms with E-state index >= 15 is 0 Å². The van der Waals surface area contributed by atoms with Gasteiger partial charge in [-0.15, -0.1) is 0 Å². The molecule has 356 valence electrons. The molecule has 2 aliphatic rings. The largest absolute Gasteiger partial charge is 0.458 e. The van der Waals surface area contributed by atoms with Crippen molar-refractivity contribution >= 4 is 74.3 Å². The second-order valence-corrected chi connectivity index (χ2v) is 22.8. The minimum Gasteiger partial charge on any atom is -0.458 e. The molecule has 0 N–H and O–H groups in total. The lowest BCUT2D eigenvalue weighted by atomic mass is 9.34. The van der Waals surface area contributed by atoms with Gasteiger partial charge in [0.15, 0.2) is 0 Å². The Morgan fingerprint density at radius 2 is 0.847 bits per heavy atom. The summed E-state index contributed by atoms with van der Waals surface area (Å²) < 4.78 is 7.27. The molecule has 4 nitrogen and oxygen atoms in total. The number of aryl methyl sites for hydroxylation is 1. The zero-order valence-corrected chi connectivity index (χ0v) is 43.5. The van der Waals surface area contributed by atoms with Gasteiger partial charge in [-0.1, -0.05) is 172 Å². The average Bonchev–Trinajstić information content (AvgIpc) is 3.36. The Kier molecular flexibility index (Phi) is 11.5. The fourth-order valence-corrected chi connectivity index (χ4v) is 10.7. The number of rotatable bonds is 8. The first-order valence-corrected chi connectivity index (χ1v) is 25.5. The first-order chi connectivity index (χ1) is 34.5. The van der Waals surface area contributed by atoms with Crippen LogP contribution in [0, 0.1) is 6.92 Å². The third-order valence-electron chi connectivity index (χ3n) is 14.5. The van der Waals surface area contributed by atoms with Crippen molar-refractivity contribution in [3.05, 3.63) is 229 Å². The van der Waals surface area contributed by atoms with Gasteiger partial charge in [-0.3, -0.25) is 0 Å². The van der Waals surface area contributed by atoms with Crippen LogP contribution in [0.3, 0.4) is 0 Å². The predicted octanol–water partition coefficient (Wildman–Crippen LogP) is 16.9. The van der Waals surface area contributed by atoms with Crippen LogP contribution in [0.25, 0.3) is 11.1 Å². The topological polar surface area (TPSA) is 19.0 Å². The van der Waals surface area contributed by atoms with E-state index in [2.05, 4.69) is 290 Å². The Hall–Kier alpha value is -7.76. The average molecular weight is 938 g/mol. The summed E-state index contributed by atoms with van der Waals surface area (Å²) in [5.41, 5.74) is 20.7. The first kappa shape index (κ1) is 46.6. The number of anilines is 9. The van der Waals surface area contributed by atoms with Crippen LogP contribution in [0.1, 0.15) is 84.6 Å². The number of nitrogens with zero attached hydrogens (tertiary/aromatic N) is 3. The zero-order chi connectivity index (χ0) is 50.1. The maximum Gasteiger partial charge on any atom is 0.256 e. The molecule has 2 heterocycles. The van der Waals surface area contributed by atoms with Gasteiger partial charge in [0, 0.05) is 57.1 Å². The minimum atomic E-state index is -0.105. The molecule has 9 aromatic carbocycles. The lowest BCUT2D eigenvalue weighted by Gasteiger charge is -2.42. The molecule has 5 heteroatoms. The maximum absolute atomic E-state index is 7.27. The van der Waals surface area contributed by atoms with Crippen LogP contribution >= 0.6 is 0 Å². The van der Waals surface area contributed by atoms with Crippen molar-refractivity contribution in [3.8, 4) is 22.6 Å². The highest BCUT2D eigenvalue weighted by molar-refractivity contribution is 6.99. The Balaban J connectivity index is 1.19. The second-order valence-electron chi connectivity index (χ2n) is 22.8. The molecule has 72 heavy (non-hydrogen) atoms. The van der Waals surface area contributed by atoms with E-state index in [1.54, 1.807) is 0 Å². The Bertz CT molecular complexity index is 3350. The van der Waals surface area contributed by atoms with E-state index in [-0.39, 0.29) is 23.0 Å². The van der Waals surface area contributed by atoms with Crippen LogP contribution in [-0.2, 0) is 16.2 Å². The summed E-state index contributed by atoms with van der Waals surface area (Å²) >= 11 is 0.